The van der Waals surface area contributed by atoms with Gasteiger partial charge >= 0.3 is 0 Å². The molecule has 2 heterocycles. The molecule has 3 aliphatic carbocycles. The van der Waals surface area contributed by atoms with E-state index in [2.05, 4.69) is 10.6 Å². The molecule has 0 aromatic heterocycles. The van der Waals surface area contributed by atoms with Gasteiger partial charge in [0, 0.05) is 24.2 Å². The van der Waals surface area contributed by atoms with Gasteiger partial charge in [0.15, 0.2) is 6.71 Å². The van der Waals surface area contributed by atoms with E-state index in [4.69, 9.17) is 0 Å². The van der Waals surface area contributed by atoms with Gasteiger partial charge in [-0.25, -0.2) is 0 Å². The van der Waals surface area contributed by atoms with Crippen molar-refractivity contribution in [2.24, 2.45) is 0 Å². The minimum Gasteiger partial charge on any atom is -0.312 e. The minimum atomic E-state index is 0.802. The molecule has 5 fully saturated rings. The molecule has 31 heavy (non-hydrogen) atoms. The Bertz CT molecular complexity index is 495. The summed E-state index contributed by atoms with van der Waals surface area (Å²) in [6, 6.07) is 3.27. The van der Waals surface area contributed by atoms with Crippen molar-refractivity contribution in [3.63, 3.8) is 0 Å². The summed E-state index contributed by atoms with van der Waals surface area (Å²) in [6.07, 6.45) is 31.2. The van der Waals surface area contributed by atoms with Crippen LogP contribution < -0.4 is 10.6 Å². The smallest absolute Gasteiger partial charge is 0.156 e. The topological polar surface area (TPSA) is 24.1 Å². The molecule has 0 aromatic rings. The fourth-order valence-corrected chi connectivity index (χ4v) is 9.00. The Balaban J connectivity index is 1.48. The van der Waals surface area contributed by atoms with Crippen LogP contribution in [-0.4, -0.2) is 30.9 Å². The van der Waals surface area contributed by atoms with Gasteiger partial charge in [-0.05, 0) is 43.1 Å². The molecule has 0 radical (unpaired) electrons. The lowest BCUT2D eigenvalue weighted by molar-refractivity contribution is 0.222. The number of nitrogens with one attached hydrogen (secondary N) is 2. The van der Waals surface area contributed by atoms with Crippen molar-refractivity contribution < 1.29 is 0 Å². The molecule has 6 atom stereocenters. The summed E-state index contributed by atoms with van der Waals surface area (Å²) in [5.74, 6) is 2.86. The van der Waals surface area contributed by atoms with E-state index >= 15 is 0 Å². The van der Waals surface area contributed by atoms with Crippen molar-refractivity contribution in [3.8, 4) is 0 Å². The lowest BCUT2D eigenvalue weighted by Gasteiger charge is -2.58. The van der Waals surface area contributed by atoms with Crippen LogP contribution in [0.25, 0.3) is 0 Å². The number of fused-ring (bicyclic) bond motifs is 4. The Hall–Kier alpha value is -0.0151. The molecule has 5 aliphatic rings. The molecule has 2 aliphatic heterocycles. The average molecular weight is 427 g/mol. The molecule has 176 valence electrons. The Kier molecular flexibility index (Phi) is 8.38. The average Bonchev–Trinajstić information content (AvgIpc) is 2.98. The van der Waals surface area contributed by atoms with Gasteiger partial charge in [-0.2, -0.15) is 0 Å². The van der Waals surface area contributed by atoms with E-state index < -0.39 is 0 Å². The van der Waals surface area contributed by atoms with Gasteiger partial charge in [-0.3, -0.25) is 0 Å². The SMILES string of the molecule is C1CCCC2NC3CCCCCCCC3B3C4CCCCCCCC4NC(CCC1)C32. The van der Waals surface area contributed by atoms with Crippen LogP contribution in [0, 0.1) is 0 Å². The Morgan fingerprint density at radius 2 is 0.677 bits per heavy atom. The molecule has 2 N–H and O–H groups in total. The first-order valence-electron chi connectivity index (χ1n) is 14.9. The highest BCUT2D eigenvalue weighted by molar-refractivity contribution is 6.65. The molecule has 2 nitrogen and oxygen atoms in total. The zero-order valence-corrected chi connectivity index (χ0v) is 20.5. The highest BCUT2D eigenvalue weighted by Gasteiger charge is 2.55. The van der Waals surface area contributed by atoms with E-state index in [1.54, 1.807) is 0 Å². The summed E-state index contributed by atoms with van der Waals surface area (Å²) in [7, 11) is 0. The zero-order valence-electron chi connectivity index (χ0n) is 20.5. The third-order valence-corrected chi connectivity index (χ3v) is 10.4. The second-order valence-corrected chi connectivity index (χ2v) is 12.3. The summed E-state index contributed by atoms with van der Waals surface area (Å²) < 4.78 is 0. The van der Waals surface area contributed by atoms with E-state index in [1.807, 2.05) is 0 Å². The summed E-state index contributed by atoms with van der Waals surface area (Å²) in [5, 5.41) is 8.79. The van der Waals surface area contributed by atoms with Crippen LogP contribution in [0.15, 0.2) is 0 Å². The molecule has 6 unspecified atom stereocenters. The van der Waals surface area contributed by atoms with Gasteiger partial charge in [0.25, 0.3) is 0 Å². The number of hydrogen-bond donors (Lipinski definition) is 2. The maximum atomic E-state index is 4.39. The fraction of sp³-hybridized carbons (Fsp3) is 1.00. The number of hydrogen-bond acceptors (Lipinski definition) is 2. The monoisotopic (exact) mass is 426 g/mol. The van der Waals surface area contributed by atoms with Gasteiger partial charge in [-0.1, -0.05) is 109 Å². The van der Waals surface area contributed by atoms with Crippen LogP contribution in [0.1, 0.15) is 135 Å². The molecular weight excluding hydrogens is 375 g/mol. The lowest BCUT2D eigenvalue weighted by Crippen LogP contribution is -2.68. The minimum absolute atomic E-state index is 0.802. The normalized spacial score (nSPS) is 43.4. The molecule has 0 bridgehead atoms. The van der Waals surface area contributed by atoms with Gasteiger partial charge in [0.1, 0.15) is 0 Å². The van der Waals surface area contributed by atoms with Crippen LogP contribution in [-0.2, 0) is 0 Å². The highest BCUT2D eigenvalue weighted by Crippen LogP contribution is 2.52. The molecule has 0 spiro atoms. The Labute approximate surface area is 193 Å². The van der Waals surface area contributed by atoms with E-state index in [0.29, 0.717) is 0 Å². The summed E-state index contributed by atoms with van der Waals surface area (Å²) in [6.45, 7) is 1.02. The van der Waals surface area contributed by atoms with Crippen LogP contribution in [0.4, 0.5) is 0 Å². The molecular formula is C28H51BN2. The van der Waals surface area contributed by atoms with Crippen LogP contribution >= 0.6 is 0 Å². The summed E-state index contributed by atoms with van der Waals surface area (Å²) in [4.78, 5) is 0. The Morgan fingerprint density at radius 3 is 1.10 bits per heavy atom. The maximum Gasteiger partial charge on any atom is 0.156 e. The molecule has 2 saturated heterocycles. The largest absolute Gasteiger partial charge is 0.312 e. The standard InChI is InChI=1S/C28H51BN2/c1-4-10-16-22-24(18-12-6-1)30-26-20-14-8-3-9-15-21-27-28(26)29(22)23-17-11-5-2-7-13-19-25(23)31-27/h22-28,30-31H,1-21H2. The first-order chi connectivity index (χ1) is 15.4. The van der Waals surface area contributed by atoms with E-state index in [9.17, 15) is 0 Å². The van der Waals surface area contributed by atoms with E-state index in [-0.39, 0.29) is 0 Å². The number of rotatable bonds is 0. The fourth-order valence-electron chi connectivity index (χ4n) is 9.00. The van der Waals surface area contributed by atoms with Crippen LogP contribution in [0.5, 0.6) is 0 Å². The second-order valence-electron chi connectivity index (χ2n) is 12.3. The third kappa shape index (κ3) is 5.39. The van der Waals surface area contributed by atoms with Gasteiger partial charge in [-0.15, -0.1) is 0 Å². The zero-order chi connectivity index (χ0) is 20.9. The van der Waals surface area contributed by atoms with Crippen molar-refractivity contribution in [2.75, 3.05) is 0 Å². The maximum absolute atomic E-state index is 4.39. The lowest BCUT2D eigenvalue weighted by atomic mass is 9.20. The molecule has 3 saturated carbocycles. The first kappa shape index (κ1) is 22.8. The van der Waals surface area contributed by atoms with Crippen LogP contribution in [0.3, 0.4) is 0 Å². The van der Waals surface area contributed by atoms with Crippen molar-refractivity contribution in [2.45, 2.75) is 176 Å². The molecule has 5 rings (SSSR count). The summed E-state index contributed by atoms with van der Waals surface area (Å²) in [5.41, 5.74) is 0. The van der Waals surface area contributed by atoms with Gasteiger partial charge in [0.05, 0.1) is 0 Å². The van der Waals surface area contributed by atoms with E-state index in [0.717, 1.165) is 48.3 Å². The van der Waals surface area contributed by atoms with Crippen molar-refractivity contribution in [3.05, 3.63) is 0 Å². The second kappa shape index (κ2) is 11.4. The Morgan fingerprint density at radius 1 is 0.355 bits per heavy atom. The van der Waals surface area contributed by atoms with E-state index in [1.165, 1.54) is 135 Å². The quantitative estimate of drug-likeness (QED) is 0.392. The summed E-state index contributed by atoms with van der Waals surface area (Å²) >= 11 is 0. The van der Waals surface area contributed by atoms with Gasteiger partial charge in [0.2, 0.25) is 0 Å². The first-order valence-corrected chi connectivity index (χ1v) is 14.9. The molecule has 0 aromatic carbocycles. The molecule has 3 heteroatoms. The van der Waals surface area contributed by atoms with Crippen molar-refractivity contribution >= 4 is 6.71 Å². The predicted molar refractivity (Wildman–Crippen MR) is 135 cm³/mol. The van der Waals surface area contributed by atoms with Gasteiger partial charge < -0.3 is 10.6 Å². The van der Waals surface area contributed by atoms with Crippen molar-refractivity contribution in [1.29, 1.82) is 0 Å². The predicted octanol–water partition coefficient (Wildman–Crippen LogP) is 7.51. The highest BCUT2D eigenvalue weighted by atomic mass is 15.0. The molecule has 0 amide bonds. The van der Waals surface area contributed by atoms with Crippen molar-refractivity contribution in [1.82, 2.24) is 10.6 Å². The van der Waals surface area contributed by atoms with Crippen LogP contribution in [0.2, 0.25) is 17.5 Å². The third-order valence-electron chi connectivity index (χ3n) is 10.4.